The SMILES string of the molecule is Nc1cc(F)ccc1N1C(=O)[C@H]2CCCC[C@@H]2C1=O. The molecular formula is C14H15FN2O2. The zero-order valence-electron chi connectivity index (χ0n) is 10.4. The van der Waals surface area contributed by atoms with Gasteiger partial charge in [-0.3, -0.25) is 9.59 Å². The minimum Gasteiger partial charge on any atom is -0.397 e. The monoisotopic (exact) mass is 262 g/mol. The molecule has 0 unspecified atom stereocenters. The predicted molar refractivity (Wildman–Crippen MR) is 68.8 cm³/mol. The van der Waals surface area contributed by atoms with Crippen molar-refractivity contribution in [3.8, 4) is 0 Å². The summed E-state index contributed by atoms with van der Waals surface area (Å²) >= 11 is 0. The Morgan fingerprint density at radius 1 is 1.11 bits per heavy atom. The molecule has 2 atom stereocenters. The van der Waals surface area contributed by atoms with Crippen molar-refractivity contribution < 1.29 is 14.0 Å². The minimum atomic E-state index is -0.474. The molecule has 1 aliphatic carbocycles. The van der Waals surface area contributed by atoms with Crippen LogP contribution >= 0.6 is 0 Å². The van der Waals surface area contributed by atoms with Crippen LogP contribution in [0.5, 0.6) is 0 Å². The summed E-state index contributed by atoms with van der Waals surface area (Å²) in [6.07, 6.45) is 3.47. The molecule has 1 saturated heterocycles. The number of anilines is 2. The summed E-state index contributed by atoms with van der Waals surface area (Å²) in [4.78, 5) is 25.8. The van der Waals surface area contributed by atoms with E-state index in [0.717, 1.165) is 36.6 Å². The Morgan fingerprint density at radius 3 is 2.21 bits per heavy atom. The van der Waals surface area contributed by atoms with Gasteiger partial charge in [-0.05, 0) is 31.0 Å². The summed E-state index contributed by atoms with van der Waals surface area (Å²) in [5.74, 6) is -1.28. The van der Waals surface area contributed by atoms with Crippen LogP contribution in [-0.4, -0.2) is 11.8 Å². The van der Waals surface area contributed by atoms with Crippen molar-refractivity contribution in [2.24, 2.45) is 11.8 Å². The molecule has 2 amide bonds. The van der Waals surface area contributed by atoms with Crippen LogP contribution in [0.1, 0.15) is 25.7 Å². The number of halogens is 1. The van der Waals surface area contributed by atoms with Crippen molar-refractivity contribution in [2.75, 3.05) is 10.6 Å². The molecule has 0 aromatic heterocycles. The second-order valence-corrected chi connectivity index (χ2v) is 5.21. The Bertz CT molecular complexity index is 534. The molecule has 0 radical (unpaired) electrons. The third-order valence-electron chi connectivity index (χ3n) is 4.07. The number of imide groups is 1. The molecule has 1 saturated carbocycles. The normalized spacial score (nSPS) is 26.7. The summed E-state index contributed by atoms with van der Waals surface area (Å²) in [5.41, 5.74) is 6.17. The van der Waals surface area contributed by atoms with E-state index in [9.17, 15) is 14.0 Å². The Balaban J connectivity index is 2.00. The molecule has 1 heterocycles. The molecule has 4 nitrogen and oxygen atoms in total. The zero-order valence-corrected chi connectivity index (χ0v) is 10.4. The standard InChI is InChI=1S/C14H15FN2O2/c15-8-5-6-12(11(16)7-8)17-13(18)9-3-1-2-4-10(9)14(17)19/h5-7,9-10H,1-4,16H2/t9-,10-/m0/s1. The lowest BCUT2D eigenvalue weighted by Crippen LogP contribution is -2.31. The molecule has 2 fully saturated rings. The molecular weight excluding hydrogens is 247 g/mol. The number of hydrogen-bond donors (Lipinski definition) is 1. The summed E-state index contributed by atoms with van der Waals surface area (Å²) in [5, 5.41) is 0. The molecule has 19 heavy (non-hydrogen) atoms. The number of nitrogens with two attached hydrogens (primary N) is 1. The molecule has 100 valence electrons. The Morgan fingerprint density at radius 2 is 1.68 bits per heavy atom. The average molecular weight is 262 g/mol. The Hall–Kier alpha value is -1.91. The predicted octanol–water partition coefficient (Wildman–Crippen LogP) is 2.09. The van der Waals surface area contributed by atoms with Crippen LogP contribution in [0.4, 0.5) is 15.8 Å². The van der Waals surface area contributed by atoms with E-state index in [1.54, 1.807) is 0 Å². The smallest absolute Gasteiger partial charge is 0.237 e. The van der Waals surface area contributed by atoms with E-state index in [2.05, 4.69) is 0 Å². The minimum absolute atomic E-state index is 0.125. The van der Waals surface area contributed by atoms with Crippen molar-refractivity contribution in [2.45, 2.75) is 25.7 Å². The second-order valence-electron chi connectivity index (χ2n) is 5.21. The van der Waals surface area contributed by atoms with Gasteiger partial charge in [0.25, 0.3) is 0 Å². The third kappa shape index (κ3) is 1.80. The number of hydrogen-bond acceptors (Lipinski definition) is 3. The van der Waals surface area contributed by atoms with Crippen LogP contribution in [0.3, 0.4) is 0 Å². The van der Waals surface area contributed by atoms with Crippen molar-refractivity contribution >= 4 is 23.2 Å². The molecule has 2 N–H and O–H groups in total. The summed E-state index contributed by atoms with van der Waals surface area (Å²) in [7, 11) is 0. The Kier molecular flexibility index (Phi) is 2.77. The lowest BCUT2D eigenvalue weighted by molar-refractivity contribution is -0.122. The summed E-state index contributed by atoms with van der Waals surface area (Å²) in [6.45, 7) is 0. The average Bonchev–Trinajstić information content (AvgIpc) is 2.64. The van der Waals surface area contributed by atoms with Gasteiger partial charge in [0, 0.05) is 0 Å². The first-order valence-electron chi connectivity index (χ1n) is 6.52. The third-order valence-corrected chi connectivity index (χ3v) is 4.07. The van der Waals surface area contributed by atoms with Gasteiger partial charge >= 0.3 is 0 Å². The van der Waals surface area contributed by atoms with Crippen LogP contribution in [0.2, 0.25) is 0 Å². The van der Waals surface area contributed by atoms with Gasteiger partial charge in [-0.25, -0.2) is 9.29 Å². The topological polar surface area (TPSA) is 63.4 Å². The highest BCUT2D eigenvalue weighted by molar-refractivity contribution is 6.23. The number of amides is 2. The van der Waals surface area contributed by atoms with Crippen LogP contribution in [-0.2, 0) is 9.59 Å². The quantitative estimate of drug-likeness (QED) is 0.622. The maximum atomic E-state index is 13.1. The van der Waals surface area contributed by atoms with Crippen LogP contribution in [0, 0.1) is 17.7 Å². The lowest BCUT2D eigenvalue weighted by atomic mass is 9.81. The highest BCUT2D eigenvalue weighted by Crippen LogP contribution is 2.41. The number of rotatable bonds is 1. The number of benzene rings is 1. The van der Waals surface area contributed by atoms with Crippen molar-refractivity contribution in [1.82, 2.24) is 0 Å². The van der Waals surface area contributed by atoms with Crippen molar-refractivity contribution in [3.63, 3.8) is 0 Å². The second kappa shape index (κ2) is 4.33. The van der Waals surface area contributed by atoms with E-state index in [1.807, 2.05) is 0 Å². The van der Waals surface area contributed by atoms with Gasteiger partial charge in [-0.2, -0.15) is 0 Å². The van der Waals surface area contributed by atoms with Gasteiger partial charge in [-0.15, -0.1) is 0 Å². The van der Waals surface area contributed by atoms with Gasteiger partial charge in [0.1, 0.15) is 5.82 Å². The van der Waals surface area contributed by atoms with Gasteiger partial charge in [0.05, 0.1) is 23.2 Å². The summed E-state index contributed by atoms with van der Waals surface area (Å²) < 4.78 is 13.1. The fourth-order valence-electron chi connectivity index (χ4n) is 3.13. The largest absolute Gasteiger partial charge is 0.397 e. The van der Waals surface area contributed by atoms with E-state index in [1.165, 1.54) is 12.1 Å². The van der Waals surface area contributed by atoms with E-state index in [0.29, 0.717) is 5.69 Å². The lowest BCUT2D eigenvalue weighted by Gasteiger charge is -2.19. The molecule has 0 bridgehead atoms. The molecule has 2 aliphatic rings. The number of carbonyl (C=O) groups is 2. The number of nitrogen functional groups attached to an aromatic ring is 1. The van der Waals surface area contributed by atoms with Crippen LogP contribution in [0.25, 0.3) is 0 Å². The molecule has 3 rings (SSSR count). The van der Waals surface area contributed by atoms with Gasteiger partial charge in [0.2, 0.25) is 11.8 Å². The zero-order chi connectivity index (χ0) is 13.6. The van der Waals surface area contributed by atoms with Crippen molar-refractivity contribution in [3.05, 3.63) is 24.0 Å². The van der Waals surface area contributed by atoms with Crippen LogP contribution < -0.4 is 10.6 Å². The summed E-state index contributed by atoms with van der Waals surface area (Å²) in [6, 6.07) is 3.75. The molecule has 5 heteroatoms. The molecule has 1 aliphatic heterocycles. The first kappa shape index (κ1) is 12.1. The first-order valence-corrected chi connectivity index (χ1v) is 6.52. The first-order chi connectivity index (χ1) is 9.09. The number of nitrogens with zero attached hydrogens (tertiary/aromatic N) is 1. The highest BCUT2D eigenvalue weighted by Gasteiger charge is 2.49. The maximum absolute atomic E-state index is 13.1. The fourth-order valence-corrected chi connectivity index (χ4v) is 3.13. The van der Waals surface area contributed by atoms with E-state index in [4.69, 9.17) is 5.73 Å². The fraction of sp³-hybridized carbons (Fsp3) is 0.429. The molecule has 1 aromatic carbocycles. The van der Waals surface area contributed by atoms with E-state index < -0.39 is 5.82 Å². The maximum Gasteiger partial charge on any atom is 0.237 e. The van der Waals surface area contributed by atoms with Gasteiger partial charge in [-0.1, -0.05) is 12.8 Å². The number of fused-ring (bicyclic) bond motifs is 1. The van der Waals surface area contributed by atoms with Gasteiger partial charge in [0.15, 0.2) is 0 Å². The van der Waals surface area contributed by atoms with E-state index in [-0.39, 0.29) is 29.3 Å². The highest BCUT2D eigenvalue weighted by atomic mass is 19.1. The number of carbonyl (C=O) groups excluding carboxylic acids is 2. The van der Waals surface area contributed by atoms with Gasteiger partial charge < -0.3 is 5.73 Å². The molecule has 0 spiro atoms. The Labute approximate surface area is 110 Å². The van der Waals surface area contributed by atoms with Crippen molar-refractivity contribution in [1.29, 1.82) is 0 Å². The van der Waals surface area contributed by atoms with Crippen LogP contribution in [0.15, 0.2) is 18.2 Å². The van der Waals surface area contributed by atoms with E-state index >= 15 is 0 Å². The molecule has 1 aromatic rings.